The van der Waals surface area contributed by atoms with Crippen molar-refractivity contribution in [2.75, 3.05) is 0 Å². The Morgan fingerprint density at radius 1 is 0.750 bits per heavy atom. The van der Waals surface area contributed by atoms with Crippen LogP contribution in [0, 0.1) is 0 Å². The molecule has 0 radical (unpaired) electrons. The molecule has 3 aromatic carbocycles. The lowest BCUT2D eigenvalue weighted by Crippen LogP contribution is -2.23. The Hall–Kier alpha value is -2.84. The molecule has 0 aliphatic rings. The van der Waals surface area contributed by atoms with Crippen molar-refractivity contribution in [1.82, 2.24) is 4.98 Å². The lowest BCUT2D eigenvalue weighted by atomic mass is 9.85. The average Bonchev–Trinajstić information content (AvgIpc) is 3.03. The Morgan fingerprint density at radius 2 is 1.33 bits per heavy atom. The van der Waals surface area contributed by atoms with Gasteiger partial charge in [0.15, 0.2) is 0 Å². The summed E-state index contributed by atoms with van der Waals surface area (Å²) in [6, 6.07) is 28.1. The second-order valence-corrected chi connectivity index (χ2v) is 6.22. The highest BCUT2D eigenvalue weighted by molar-refractivity contribution is 5.92. The summed E-state index contributed by atoms with van der Waals surface area (Å²) < 4.78 is 0. The predicted octanol–water partition coefficient (Wildman–Crippen LogP) is 5.09. The van der Waals surface area contributed by atoms with Crippen molar-refractivity contribution in [1.29, 1.82) is 0 Å². The summed E-state index contributed by atoms with van der Waals surface area (Å²) in [6.07, 6.45) is 0. The summed E-state index contributed by atoms with van der Waals surface area (Å²) in [5.74, 6) is 0. The standard InChI is InChI=1S/C22H19NO/c1-22(24,17-12-6-3-7-13-17)20-18-14-8-9-15-19(18)23-21(20)16-10-4-2-5-11-16/h2-15,23-24H,1H3. The minimum atomic E-state index is -1.09. The van der Waals surface area contributed by atoms with Gasteiger partial charge in [-0.25, -0.2) is 0 Å². The molecule has 0 spiro atoms. The van der Waals surface area contributed by atoms with E-state index >= 15 is 0 Å². The normalized spacial score (nSPS) is 13.8. The van der Waals surface area contributed by atoms with E-state index in [1.165, 1.54) is 0 Å². The highest BCUT2D eigenvalue weighted by Gasteiger charge is 2.32. The minimum Gasteiger partial charge on any atom is -0.381 e. The molecule has 0 saturated carbocycles. The summed E-state index contributed by atoms with van der Waals surface area (Å²) in [7, 11) is 0. The van der Waals surface area contributed by atoms with Crippen molar-refractivity contribution in [2.45, 2.75) is 12.5 Å². The average molecular weight is 313 g/mol. The molecule has 1 atom stereocenters. The highest BCUT2D eigenvalue weighted by atomic mass is 16.3. The molecule has 2 N–H and O–H groups in total. The molecular formula is C22H19NO. The molecule has 4 aromatic rings. The maximum atomic E-state index is 11.5. The van der Waals surface area contributed by atoms with Crippen LogP contribution in [-0.4, -0.2) is 10.1 Å². The quantitative estimate of drug-likeness (QED) is 0.543. The fraction of sp³-hybridized carbons (Fsp3) is 0.0909. The molecule has 4 rings (SSSR count). The molecule has 24 heavy (non-hydrogen) atoms. The molecule has 0 fully saturated rings. The second-order valence-electron chi connectivity index (χ2n) is 6.22. The van der Waals surface area contributed by atoms with Crippen molar-refractivity contribution in [3.05, 3.63) is 96.1 Å². The van der Waals surface area contributed by atoms with E-state index in [0.29, 0.717) is 0 Å². The van der Waals surface area contributed by atoms with E-state index in [1.807, 2.05) is 73.7 Å². The van der Waals surface area contributed by atoms with Gasteiger partial charge in [-0.2, -0.15) is 0 Å². The van der Waals surface area contributed by atoms with Crippen molar-refractivity contribution in [3.8, 4) is 11.3 Å². The summed E-state index contributed by atoms with van der Waals surface area (Å²) in [4.78, 5) is 3.50. The van der Waals surface area contributed by atoms with Crippen LogP contribution in [0.1, 0.15) is 18.1 Å². The Morgan fingerprint density at radius 3 is 2.04 bits per heavy atom. The molecule has 2 nitrogen and oxygen atoms in total. The van der Waals surface area contributed by atoms with Gasteiger partial charge in [-0.05, 0) is 24.1 Å². The van der Waals surface area contributed by atoms with Gasteiger partial charge in [-0.1, -0.05) is 78.9 Å². The monoisotopic (exact) mass is 313 g/mol. The molecule has 0 aliphatic heterocycles. The van der Waals surface area contributed by atoms with Crippen LogP contribution < -0.4 is 0 Å². The van der Waals surface area contributed by atoms with Crippen molar-refractivity contribution in [3.63, 3.8) is 0 Å². The van der Waals surface area contributed by atoms with Crippen LogP contribution in [0.15, 0.2) is 84.9 Å². The van der Waals surface area contributed by atoms with E-state index in [2.05, 4.69) is 23.2 Å². The number of hydrogen-bond donors (Lipinski definition) is 2. The third-order valence-electron chi connectivity index (χ3n) is 4.59. The highest BCUT2D eigenvalue weighted by Crippen LogP contribution is 2.40. The second kappa shape index (κ2) is 5.66. The molecular weight excluding hydrogens is 294 g/mol. The maximum absolute atomic E-state index is 11.5. The van der Waals surface area contributed by atoms with Gasteiger partial charge >= 0.3 is 0 Å². The smallest absolute Gasteiger partial charge is 0.114 e. The van der Waals surface area contributed by atoms with Crippen LogP contribution in [0.4, 0.5) is 0 Å². The van der Waals surface area contributed by atoms with Gasteiger partial charge in [0.1, 0.15) is 5.60 Å². The fourth-order valence-corrected chi connectivity index (χ4v) is 3.38. The zero-order valence-electron chi connectivity index (χ0n) is 13.5. The predicted molar refractivity (Wildman–Crippen MR) is 98.8 cm³/mol. The minimum absolute atomic E-state index is 0.881. The van der Waals surface area contributed by atoms with E-state index in [1.54, 1.807) is 0 Å². The third kappa shape index (κ3) is 2.32. The first kappa shape index (κ1) is 14.7. The van der Waals surface area contributed by atoms with E-state index in [-0.39, 0.29) is 0 Å². The van der Waals surface area contributed by atoms with Crippen LogP contribution in [0.25, 0.3) is 22.2 Å². The lowest BCUT2D eigenvalue weighted by molar-refractivity contribution is 0.104. The van der Waals surface area contributed by atoms with Crippen LogP contribution in [0.5, 0.6) is 0 Å². The molecule has 0 saturated heterocycles. The van der Waals surface area contributed by atoms with Gasteiger partial charge in [-0.3, -0.25) is 0 Å². The number of nitrogens with one attached hydrogen (secondary N) is 1. The summed E-state index contributed by atoms with van der Waals surface area (Å²) >= 11 is 0. The topological polar surface area (TPSA) is 36.0 Å². The Balaban J connectivity index is 2.03. The number of fused-ring (bicyclic) bond motifs is 1. The molecule has 1 heterocycles. The van der Waals surface area contributed by atoms with Gasteiger partial charge < -0.3 is 10.1 Å². The van der Waals surface area contributed by atoms with E-state index in [9.17, 15) is 5.11 Å². The molecule has 1 unspecified atom stereocenters. The Kier molecular flexibility index (Phi) is 3.47. The van der Waals surface area contributed by atoms with E-state index in [4.69, 9.17) is 0 Å². The molecule has 1 aromatic heterocycles. The number of aromatic amines is 1. The van der Waals surface area contributed by atoms with E-state index < -0.39 is 5.60 Å². The first-order valence-electron chi connectivity index (χ1n) is 8.12. The largest absolute Gasteiger partial charge is 0.381 e. The number of aromatic nitrogens is 1. The molecule has 2 heteroatoms. The molecule has 0 bridgehead atoms. The lowest BCUT2D eigenvalue weighted by Gasteiger charge is -2.25. The van der Waals surface area contributed by atoms with Crippen LogP contribution in [0.2, 0.25) is 0 Å². The van der Waals surface area contributed by atoms with Crippen LogP contribution >= 0.6 is 0 Å². The molecule has 0 amide bonds. The number of aliphatic hydroxyl groups is 1. The summed E-state index contributed by atoms with van der Waals surface area (Å²) in [5.41, 5.74) is 3.77. The van der Waals surface area contributed by atoms with Crippen molar-refractivity contribution >= 4 is 10.9 Å². The number of benzene rings is 3. The Labute approximate surface area is 141 Å². The number of para-hydroxylation sites is 1. The summed E-state index contributed by atoms with van der Waals surface area (Å²) in [5, 5.41) is 12.5. The maximum Gasteiger partial charge on any atom is 0.114 e. The zero-order valence-corrected chi connectivity index (χ0v) is 13.5. The first-order chi connectivity index (χ1) is 11.7. The molecule has 118 valence electrons. The van der Waals surface area contributed by atoms with E-state index in [0.717, 1.165) is 33.3 Å². The summed E-state index contributed by atoms with van der Waals surface area (Å²) in [6.45, 7) is 1.87. The Bertz CT molecular complexity index is 969. The fourth-order valence-electron chi connectivity index (χ4n) is 3.38. The molecule has 0 aliphatic carbocycles. The first-order valence-corrected chi connectivity index (χ1v) is 8.12. The van der Waals surface area contributed by atoms with Crippen LogP contribution in [-0.2, 0) is 5.60 Å². The number of hydrogen-bond acceptors (Lipinski definition) is 1. The van der Waals surface area contributed by atoms with Gasteiger partial charge in [0.25, 0.3) is 0 Å². The van der Waals surface area contributed by atoms with Gasteiger partial charge in [0.05, 0.1) is 5.69 Å². The number of H-pyrrole nitrogens is 1. The van der Waals surface area contributed by atoms with Gasteiger partial charge in [0, 0.05) is 16.5 Å². The SMILES string of the molecule is CC(O)(c1ccccc1)c1c(-c2ccccc2)[nH]c2ccccc12. The van der Waals surface area contributed by atoms with Crippen molar-refractivity contribution in [2.24, 2.45) is 0 Å². The van der Waals surface area contributed by atoms with Gasteiger partial charge in [-0.15, -0.1) is 0 Å². The third-order valence-corrected chi connectivity index (χ3v) is 4.59. The van der Waals surface area contributed by atoms with Crippen LogP contribution in [0.3, 0.4) is 0 Å². The van der Waals surface area contributed by atoms with Gasteiger partial charge in [0.2, 0.25) is 0 Å². The van der Waals surface area contributed by atoms with Crippen molar-refractivity contribution < 1.29 is 5.11 Å². The zero-order chi connectivity index (χ0) is 16.6. The number of rotatable bonds is 3.